The van der Waals surface area contributed by atoms with Gasteiger partial charge in [0.1, 0.15) is 5.75 Å². The van der Waals surface area contributed by atoms with Crippen molar-refractivity contribution in [2.45, 2.75) is 45.6 Å². The molecule has 2 amide bonds. The van der Waals surface area contributed by atoms with Crippen molar-refractivity contribution in [1.82, 2.24) is 10.6 Å². The second-order valence-corrected chi connectivity index (χ2v) is 8.79. The number of rotatable bonds is 8. The number of carboxylic acid groups (broad SMARTS) is 1. The highest BCUT2D eigenvalue weighted by Crippen LogP contribution is 2.28. The van der Waals surface area contributed by atoms with Gasteiger partial charge in [-0.2, -0.15) is 0 Å². The van der Waals surface area contributed by atoms with Gasteiger partial charge in [0.25, 0.3) is 11.8 Å². The minimum Gasteiger partial charge on any atom is -0.490 e. The number of carbonyl (C=O) groups excluding carboxylic acids is 2. The zero-order valence-electron chi connectivity index (χ0n) is 18.8. The highest BCUT2D eigenvalue weighted by Gasteiger charge is 2.27. The third kappa shape index (κ3) is 6.71. The first-order chi connectivity index (χ1) is 15.7. The first-order valence-electron chi connectivity index (χ1n) is 11.1. The SMILES string of the molecule is Cc1ccc(C(=O)NCCNC(=O)c2ccc(O[C@H]3CC[C@@H](C(=O)O)CC3)cc2C)cc1Cl. The van der Waals surface area contributed by atoms with E-state index in [9.17, 15) is 14.4 Å². The van der Waals surface area contributed by atoms with Crippen LogP contribution < -0.4 is 15.4 Å². The number of aryl methyl sites for hydroxylation is 2. The Morgan fingerprint density at radius 1 is 0.939 bits per heavy atom. The maximum Gasteiger partial charge on any atom is 0.306 e. The molecule has 0 radical (unpaired) electrons. The van der Waals surface area contributed by atoms with Crippen molar-refractivity contribution in [3.05, 3.63) is 63.7 Å². The van der Waals surface area contributed by atoms with Gasteiger partial charge >= 0.3 is 5.97 Å². The summed E-state index contributed by atoms with van der Waals surface area (Å²) in [5.74, 6) is -0.822. The number of benzene rings is 2. The van der Waals surface area contributed by atoms with Gasteiger partial charge in [0.05, 0.1) is 12.0 Å². The Morgan fingerprint density at radius 2 is 1.61 bits per heavy atom. The lowest BCUT2D eigenvalue weighted by molar-refractivity contribution is -0.143. The van der Waals surface area contributed by atoms with Gasteiger partial charge in [-0.15, -0.1) is 0 Å². The van der Waals surface area contributed by atoms with Gasteiger partial charge < -0.3 is 20.5 Å². The van der Waals surface area contributed by atoms with E-state index in [4.69, 9.17) is 21.4 Å². The summed E-state index contributed by atoms with van der Waals surface area (Å²) in [7, 11) is 0. The van der Waals surface area contributed by atoms with E-state index in [2.05, 4.69) is 10.6 Å². The molecule has 1 aliphatic carbocycles. The fraction of sp³-hybridized carbons (Fsp3) is 0.400. The molecule has 2 aromatic rings. The average Bonchev–Trinajstić information content (AvgIpc) is 2.78. The van der Waals surface area contributed by atoms with Crippen molar-refractivity contribution in [1.29, 1.82) is 0 Å². The molecule has 0 aromatic heterocycles. The smallest absolute Gasteiger partial charge is 0.306 e. The summed E-state index contributed by atoms with van der Waals surface area (Å²) < 4.78 is 6.00. The van der Waals surface area contributed by atoms with E-state index >= 15 is 0 Å². The van der Waals surface area contributed by atoms with Crippen molar-refractivity contribution < 1.29 is 24.2 Å². The molecule has 3 rings (SSSR count). The fourth-order valence-electron chi connectivity index (χ4n) is 3.87. The van der Waals surface area contributed by atoms with Crippen molar-refractivity contribution >= 4 is 29.4 Å². The lowest BCUT2D eigenvalue weighted by atomic mass is 9.87. The van der Waals surface area contributed by atoms with Gasteiger partial charge in [0.15, 0.2) is 0 Å². The van der Waals surface area contributed by atoms with Gasteiger partial charge in [0.2, 0.25) is 0 Å². The number of halogens is 1. The summed E-state index contributed by atoms with van der Waals surface area (Å²) in [5.41, 5.74) is 2.69. The normalized spacial score (nSPS) is 17.8. The van der Waals surface area contributed by atoms with E-state index in [1.54, 1.807) is 30.3 Å². The largest absolute Gasteiger partial charge is 0.490 e. The van der Waals surface area contributed by atoms with Crippen molar-refractivity contribution in [3.8, 4) is 5.75 Å². The summed E-state index contributed by atoms with van der Waals surface area (Å²) in [6.07, 6.45) is 2.64. The Balaban J connectivity index is 1.45. The van der Waals surface area contributed by atoms with Gasteiger partial charge in [-0.05, 0) is 81.0 Å². The number of hydrogen-bond donors (Lipinski definition) is 3. The number of carbonyl (C=O) groups is 3. The van der Waals surface area contributed by atoms with E-state index in [1.165, 1.54) is 0 Å². The summed E-state index contributed by atoms with van der Waals surface area (Å²) in [6, 6.07) is 10.4. The van der Waals surface area contributed by atoms with Gasteiger partial charge in [-0.25, -0.2) is 0 Å². The Morgan fingerprint density at radius 3 is 2.21 bits per heavy atom. The number of amides is 2. The van der Waals surface area contributed by atoms with Gasteiger partial charge in [0, 0.05) is 29.2 Å². The first-order valence-corrected chi connectivity index (χ1v) is 11.4. The molecule has 0 spiro atoms. The maximum atomic E-state index is 12.5. The molecule has 1 aliphatic rings. The molecular weight excluding hydrogens is 444 g/mol. The third-order valence-corrected chi connectivity index (χ3v) is 6.31. The number of ether oxygens (including phenoxy) is 1. The number of aliphatic carboxylic acids is 1. The molecule has 2 aromatic carbocycles. The molecule has 176 valence electrons. The highest BCUT2D eigenvalue weighted by atomic mass is 35.5. The predicted octanol–water partition coefficient (Wildman–Crippen LogP) is 4.14. The van der Waals surface area contributed by atoms with Crippen LogP contribution in [0.5, 0.6) is 5.75 Å². The van der Waals surface area contributed by atoms with Crippen molar-refractivity contribution in [3.63, 3.8) is 0 Å². The molecule has 0 atom stereocenters. The second kappa shape index (κ2) is 11.2. The molecule has 7 nitrogen and oxygen atoms in total. The van der Waals surface area contributed by atoms with Crippen LogP contribution in [0.4, 0.5) is 0 Å². The minimum atomic E-state index is -0.737. The maximum absolute atomic E-state index is 12.5. The summed E-state index contributed by atoms with van der Waals surface area (Å²) in [5, 5.41) is 15.2. The fourth-order valence-corrected chi connectivity index (χ4v) is 4.05. The van der Waals surface area contributed by atoms with Gasteiger partial charge in [-0.1, -0.05) is 17.7 Å². The summed E-state index contributed by atoms with van der Waals surface area (Å²) in [6.45, 7) is 4.28. The molecule has 0 saturated heterocycles. The molecule has 0 bridgehead atoms. The minimum absolute atomic E-state index is 0.00769. The molecule has 33 heavy (non-hydrogen) atoms. The van der Waals surface area contributed by atoms with Crippen LogP contribution in [0, 0.1) is 19.8 Å². The molecule has 0 unspecified atom stereocenters. The molecule has 0 heterocycles. The second-order valence-electron chi connectivity index (χ2n) is 8.38. The Kier molecular flexibility index (Phi) is 8.33. The Bertz CT molecular complexity index is 1030. The van der Waals surface area contributed by atoms with Crippen molar-refractivity contribution in [2.24, 2.45) is 5.92 Å². The number of nitrogens with one attached hydrogen (secondary N) is 2. The van der Waals surface area contributed by atoms with Crippen LogP contribution >= 0.6 is 11.6 Å². The molecular formula is C25H29ClN2O5. The van der Waals surface area contributed by atoms with Crippen LogP contribution in [-0.4, -0.2) is 42.1 Å². The first kappa shape index (κ1) is 24.6. The standard InChI is InChI=1S/C25H29ClN2O5/c1-15-3-4-18(14-22(15)26)23(29)27-11-12-28-24(30)21-10-9-20(13-16(21)2)33-19-7-5-17(6-8-19)25(31)32/h3-4,9-10,13-14,17,19H,5-8,11-12H2,1-2H3,(H,27,29)(H,28,30)(H,31,32)/t17-,19+. The Hall–Kier alpha value is -3.06. The van der Waals surface area contributed by atoms with Crippen LogP contribution in [-0.2, 0) is 4.79 Å². The highest BCUT2D eigenvalue weighted by molar-refractivity contribution is 6.31. The summed E-state index contributed by atoms with van der Waals surface area (Å²) in [4.78, 5) is 35.8. The number of carboxylic acids is 1. The van der Waals surface area contributed by atoms with Gasteiger partial charge in [-0.3, -0.25) is 14.4 Å². The van der Waals surface area contributed by atoms with Crippen LogP contribution in [0.3, 0.4) is 0 Å². The number of hydrogen-bond acceptors (Lipinski definition) is 4. The summed E-state index contributed by atoms with van der Waals surface area (Å²) >= 11 is 6.06. The lowest BCUT2D eigenvalue weighted by Gasteiger charge is -2.27. The van der Waals surface area contributed by atoms with Crippen LogP contribution in [0.1, 0.15) is 57.5 Å². The lowest BCUT2D eigenvalue weighted by Crippen LogP contribution is -2.35. The molecule has 1 fully saturated rings. The van der Waals surface area contributed by atoms with Crippen molar-refractivity contribution in [2.75, 3.05) is 13.1 Å². The molecule has 3 N–H and O–H groups in total. The quantitative estimate of drug-likeness (QED) is 0.501. The van der Waals surface area contributed by atoms with E-state index in [0.717, 1.165) is 11.1 Å². The van der Waals surface area contributed by atoms with Crippen LogP contribution in [0.2, 0.25) is 5.02 Å². The average molecular weight is 473 g/mol. The van der Waals surface area contributed by atoms with Crippen LogP contribution in [0.15, 0.2) is 36.4 Å². The third-order valence-electron chi connectivity index (χ3n) is 5.90. The van der Waals surface area contributed by atoms with Crippen LogP contribution in [0.25, 0.3) is 0 Å². The predicted molar refractivity (Wildman–Crippen MR) is 126 cm³/mol. The zero-order chi connectivity index (χ0) is 24.0. The van der Waals surface area contributed by atoms with E-state index < -0.39 is 5.97 Å². The Labute approximate surface area is 198 Å². The van der Waals surface area contributed by atoms with E-state index in [0.29, 0.717) is 47.6 Å². The molecule has 1 saturated carbocycles. The zero-order valence-corrected chi connectivity index (χ0v) is 19.6. The monoisotopic (exact) mass is 472 g/mol. The molecule has 8 heteroatoms. The topological polar surface area (TPSA) is 105 Å². The van der Waals surface area contributed by atoms with E-state index in [-0.39, 0.29) is 36.9 Å². The van der Waals surface area contributed by atoms with E-state index in [1.807, 2.05) is 19.9 Å². The molecule has 0 aliphatic heterocycles.